The van der Waals surface area contributed by atoms with Gasteiger partial charge in [-0.3, -0.25) is 0 Å². The molecule has 1 aromatic carbocycles. The molecule has 1 aromatic rings. The standard InChI is InChI=1S/C18H27N/c1-12(19)13-7-8-16-14(11-13)15(17(2,3)4)9-10-18(16,5)6/h7-9,11-12H,10,19H2,1-6H3. The molecule has 0 spiro atoms. The van der Waals surface area contributed by atoms with E-state index in [0.717, 1.165) is 6.42 Å². The Morgan fingerprint density at radius 1 is 1.21 bits per heavy atom. The van der Waals surface area contributed by atoms with Crippen LogP contribution in [0.1, 0.15) is 70.7 Å². The first-order valence-corrected chi connectivity index (χ1v) is 7.24. The highest BCUT2D eigenvalue weighted by Crippen LogP contribution is 2.45. The third-order valence-electron chi connectivity index (χ3n) is 4.21. The van der Waals surface area contributed by atoms with Gasteiger partial charge in [0.1, 0.15) is 0 Å². The molecule has 1 heteroatoms. The molecule has 0 aliphatic heterocycles. The molecule has 0 fully saturated rings. The molecule has 1 nitrogen and oxygen atoms in total. The monoisotopic (exact) mass is 257 g/mol. The highest BCUT2D eigenvalue weighted by molar-refractivity contribution is 5.75. The Kier molecular flexibility index (Phi) is 3.38. The minimum atomic E-state index is 0.0940. The lowest BCUT2D eigenvalue weighted by molar-refractivity contribution is 0.503. The number of allylic oxidation sites excluding steroid dienone is 2. The summed E-state index contributed by atoms with van der Waals surface area (Å²) in [6, 6.07) is 6.87. The van der Waals surface area contributed by atoms with Crippen molar-refractivity contribution in [1.82, 2.24) is 0 Å². The van der Waals surface area contributed by atoms with Crippen LogP contribution in [0.25, 0.3) is 5.57 Å². The molecule has 0 amide bonds. The van der Waals surface area contributed by atoms with Crippen LogP contribution in [-0.2, 0) is 5.41 Å². The zero-order valence-electron chi connectivity index (χ0n) is 13.2. The van der Waals surface area contributed by atoms with E-state index in [-0.39, 0.29) is 16.9 Å². The van der Waals surface area contributed by atoms with Crippen LogP contribution in [0, 0.1) is 5.41 Å². The number of hydrogen-bond donors (Lipinski definition) is 1. The molecular formula is C18H27N. The van der Waals surface area contributed by atoms with Gasteiger partial charge in [-0.1, -0.05) is 52.8 Å². The zero-order valence-corrected chi connectivity index (χ0v) is 13.2. The van der Waals surface area contributed by atoms with Crippen molar-refractivity contribution in [2.45, 2.75) is 59.4 Å². The molecule has 0 aromatic heterocycles. The molecule has 1 aliphatic carbocycles. The summed E-state index contributed by atoms with van der Waals surface area (Å²) in [6.07, 6.45) is 3.54. The van der Waals surface area contributed by atoms with Gasteiger partial charge in [0.2, 0.25) is 0 Å². The van der Waals surface area contributed by atoms with E-state index in [1.165, 1.54) is 22.3 Å². The third kappa shape index (κ3) is 2.62. The van der Waals surface area contributed by atoms with E-state index in [9.17, 15) is 0 Å². The summed E-state index contributed by atoms with van der Waals surface area (Å²) in [6.45, 7) is 13.6. The lowest BCUT2D eigenvalue weighted by Crippen LogP contribution is -2.25. The Hall–Kier alpha value is -1.08. The van der Waals surface area contributed by atoms with Gasteiger partial charge in [0.25, 0.3) is 0 Å². The molecule has 0 saturated carbocycles. The Labute approximate surface area is 117 Å². The van der Waals surface area contributed by atoms with Crippen LogP contribution in [0.3, 0.4) is 0 Å². The average molecular weight is 257 g/mol. The van der Waals surface area contributed by atoms with Gasteiger partial charge in [-0.25, -0.2) is 0 Å². The third-order valence-corrected chi connectivity index (χ3v) is 4.21. The fraction of sp³-hybridized carbons (Fsp3) is 0.556. The average Bonchev–Trinajstić information content (AvgIpc) is 2.26. The summed E-state index contributed by atoms with van der Waals surface area (Å²) in [5.41, 5.74) is 12.0. The molecule has 0 heterocycles. The molecule has 0 bridgehead atoms. The van der Waals surface area contributed by atoms with Gasteiger partial charge in [0.15, 0.2) is 0 Å². The van der Waals surface area contributed by atoms with Crippen molar-refractivity contribution >= 4 is 5.57 Å². The van der Waals surface area contributed by atoms with Gasteiger partial charge >= 0.3 is 0 Å². The first-order valence-electron chi connectivity index (χ1n) is 7.24. The van der Waals surface area contributed by atoms with Crippen molar-refractivity contribution in [3.8, 4) is 0 Å². The van der Waals surface area contributed by atoms with Crippen LogP contribution in [-0.4, -0.2) is 0 Å². The maximum atomic E-state index is 6.05. The number of benzene rings is 1. The van der Waals surface area contributed by atoms with Gasteiger partial charge < -0.3 is 5.73 Å². The van der Waals surface area contributed by atoms with Crippen molar-refractivity contribution in [1.29, 1.82) is 0 Å². The Bertz CT molecular complexity index is 513. The largest absolute Gasteiger partial charge is 0.324 e. The Morgan fingerprint density at radius 2 is 1.84 bits per heavy atom. The molecule has 1 unspecified atom stereocenters. The van der Waals surface area contributed by atoms with E-state index < -0.39 is 0 Å². The van der Waals surface area contributed by atoms with Crippen molar-refractivity contribution in [3.05, 3.63) is 41.0 Å². The Morgan fingerprint density at radius 3 is 2.37 bits per heavy atom. The smallest absolute Gasteiger partial charge is 0.0266 e. The highest BCUT2D eigenvalue weighted by atomic mass is 14.6. The van der Waals surface area contributed by atoms with Crippen LogP contribution in [0.4, 0.5) is 0 Å². The minimum Gasteiger partial charge on any atom is -0.324 e. The Balaban J connectivity index is 2.64. The van der Waals surface area contributed by atoms with E-state index >= 15 is 0 Å². The SMILES string of the molecule is CC(N)c1ccc2c(c1)C(C(C)(C)C)=CCC2(C)C. The summed E-state index contributed by atoms with van der Waals surface area (Å²) >= 11 is 0. The summed E-state index contributed by atoms with van der Waals surface area (Å²) in [5.74, 6) is 0. The summed E-state index contributed by atoms with van der Waals surface area (Å²) in [4.78, 5) is 0. The maximum absolute atomic E-state index is 6.05. The van der Waals surface area contributed by atoms with Crippen molar-refractivity contribution < 1.29 is 0 Å². The topological polar surface area (TPSA) is 26.0 Å². The molecule has 2 rings (SSSR count). The summed E-state index contributed by atoms with van der Waals surface area (Å²) in [7, 11) is 0. The molecular weight excluding hydrogens is 230 g/mol. The van der Waals surface area contributed by atoms with Crippen molar-refractivity contribution in [2.75, 3.05) is 0 Å². The van der Waals surface area contributed by atoms with Crippen LogP contribution in [0.2, 0.25) is 0 Å². The highest BCUT2D eigenvalue weighted by Gasteiger charge is 2.32. The predicted octanol–water partition coefficient (Wildman–Crippen LogP) is 4.82. The molecule has 1 aliphatic rings. The second kappa shape index (κ2) is 4.49. The van der Waals surface area contributed by atoms with Crippen LogP contribution in [0.5, 0.6) is 0 Å². The van der Waals surface area contributed by atoms with Crippen molar-refractivity contribution in [2.24, 2.45) is 11.1 Å². The van der Waals surface area contributed by atoms with Crippen molar-refractivity contribution in [3.63, 3.8) is 0 Å². The molecule has 104 valence electrons. The molecule has 0 radical (unpaired) electrons. The zero-order chi connectivity index (χ0) is 14.4. The lowest BCUT2D eigenvalue weighted by Gasteiger charge is -2.37. The lowest BCUT2D eigenvalue weighted by atomic mass is 9.68. The number of fused-ring (bicyclic) bond motifs is 1. The first kappa shape index (κ1) is 14.3. The quantitative estimate of drug-likeness (QED) is 0.767. The van der Waals surface area contributed by atoms with Gasteiger partial charge in [-0.2, -0.15) is 0 Å². The van der Waals surface area contributed by atoms with Crippen LogP contribution >= 0.6 is 0 Å². The van der Waals surface area contributed by atoms with E-state index in [0.29, 0.717) is 0 Å². The summed E-state index contributed by atoms with van der Waals surface area (Å²) < 4.78 is 0. The number of rotatable bonds is 1. The fourth-order valence-electron chi connectivity index (χ4n) is 2.95. The van der Waals surface area contributed by atoms with E-state index in [1.807, 2.05) is 0 Å². The normalized spacial score (nSPS) is 19.6. The van der Waals surface area contributed by atoms with Gasteiger partial charge in [-0.05, 0) is 52.5 Å². The van der Waals surface area contributed by atoms with Crippen LogP contribution < -0.4 is 5.73 Å². The van der Waals surface area contributed by atoms with E-state index in [2.05, 4.69) is 65.8 Å². The summed E-state index contributed by atoms with van der Waals surface area (Å²) in [5, 5.41) is 0. The van der Waals surface area contributed by atoms with Crippen LogP contribution in [0.15, 0.2) is 24.3 Å². The van der Waals surface area contributed by atoms with Gasteiger partial charge in [0, 0.05) is 6.04 Å². The van der Waals surface area contributed by atoms with E-state index in [1.54, 1.807) is 0 Å². The van der Waals surface area contributed by atoms with Gasteiger partial charge in [-0.15, -0.1) is 0 Å². The second-order valence-corrected chi connectivity index (χ2v) is 7.55. The number of hydrogen-bond acceptors (Lipinski definition) is 1. The van der Waals surface area contributed by atoms with E-state index in [4.69, 9.17) is 5.73 Å². The van der Waals surface area contributed by atoms with Gasteiger partial charge in [0.05, 0.1) is 0 Å². The minimum absolute atomic E-state index is 0.0940. The molecule has 2 N–H and O–H groups in total. The maximum Gasteiger partial charge on any atom is 0.0266 e. The number of nitrogens with two attached hydrogens (primary N) is 1. The fourth-order valence-corrected chi connectivity index (χ4v) is 2.95. The molecule has 0 saturated heterocycles. The molecule has 1 atom stereocenters. The second-order valence-electron chi connectivity index (χ2n) is 7.55. The molecule has 19 heavy (non-hydrogen) atoms. The predicted molar refractivity (Wildman–Crippen MR) is 84.1 cm³/mol. The first-order chi connectivity index (χ1) is 8.63.